The fraction of sp³-hybridized carbons (Fsp3) is 0.385. The molecule has 2 nitrogen and oxygen atoms in total. The van der Waals surface area contributed by atoms with Crippen LogP contribution in [0.2, 0.25) is 0 Å². The number of ether oxygens (including phenoxy) is 1. The molecule has 1 aromatic carbocycles. The first-order chi connectivity index (χ1) is 7.93. The topological polar surface area (TPSA) is 21.3 Å². The summed E-state index contributed by atoms with van der Waals surface area (Å²) in [6.45, 7) is 1.85. The van der Waals surface area contributed by atoms with E-state index in [1.165, 1.54) is 28.6 Å². The molecule has 1 aromatic heterocycles. The van der Waals surface area contributed by atoms with Crippen LogP contribution in [0.4, 0.5) is 5.69 Å². The van der Waals surface area contributed by atoms with Crippen molar-refractivity contribution in [3.8, 4) is 0 Å². The van der Waals surface area contributed by atoms with Crippen molar-refractivity contribution in [3.63, 3.8) is 0 Å². The smallest absolute Gasteiger partial charge is 0.0748 e. The van der Waals surface area contributed by atoms with E-state index in [2.05, 4.69) is 35.0 Å². The SMILES string of the molecule is c1cc(NCC2CCCO2)c2sccc2c1. The van der Waals surface area contributed by atoms with Gasteiger partial charge in [0, 0.05) is 13.2 Å². The average molecular weight is 233 g/mol. The first kappa shape index (κ1) is 10.1. The number of anilines is 1. The Morgan fingerprint density at radius 2 is 2.38 bits per heavy atom. The highest BCUT2D eigenvalue weighted by Crippen LogP contribution is 2.28. The van der Waals surface area contributed by atoms with E-state index in [0.717, 1.165) is 13.2 Å². The van der Waals surface area contributed by atoms with Gasteiger partial charge in [0.2, 0.25) is 0 Å². The summed E-state index contributed by atoms with van der Waals surface area (Å²) in [4.78, 5) is 0. The van der Waals surface area contributed by atoms with Crippen molar-refractivity contribution in [1.29, 1.82) is 0 Å². The first-order valence-electron chi connectivity index (χ1n) is 5.75. The van der Waals surface area contributed by atoms with Crippen LogP contribution in [0.1, 0.15) is 12.8 Å². The molecule has 2 aromatic rings. The monoisotopic (exact) mass is 233 g/mol. The summed E-state index contributed by atoms with van der Waals surface area (Å²) in [7, 11) is 0. The number of rotatable bonds is 3. The lowest BCUT2D eigenvalue weighted by Gasteiger charge is -2.12. The van der Waals surface area contributed by atoms with Gasteiger partial charge in [-0.2, -0.15) is 0 Å². The molecule has 2 heterocycles. The van der Waals surface area contributed by atoms with E-state index in [4.69, 9.17) is 4.74 Å². The molecule has 84 valence electrons. The number of benzene rings is 1. The molecule has 0 saturated carbocycles. The second-order valence-corrected chi connectivity index (χ2v) is 5.08. The largest absolute Gasteiger partial charge is 0.381 e. The molecule has 1 N–H and O–H groups in total. The zero-order valence-corrected chi connectivity index (χ0v) is 9.93. The zero-order valence-electron chi connectivity index (χ0n) is 9.11. The third-order valence-electron chi connectivity index (χ3n) is 3.02. The highest BCUT2D eigenvalue weighted by molar-refractivity contribution is 7.17. The van der Waals surface area contributed by atoms with Crippen LogP contribution in [-0.2, 0) is 4.74 Å². The quantitative estimate of drug-likeness (QED) is 0.876. The Morgan fingerprint density at radius 1 is 1.38 bits per heavy atom. The molecule has 1 fully saturated rings. The summed E-state index contributed by atoms with van der Waals surface area (Å²) in [5.41, 5.74) is 1.24. The van der Waals surface area contributed by atoms with Crippen LogP contribution in [0, 0.1) is 0 Å². The minimum Gasteiger partial charge on any atom is -0.381 e. The lowest BCUT2D eigenvalue weighted by Crippen LogP contribution is -2.18. The van der Waals surface area contributed by atoms with Crippen molar-refractivity contribution in [2.45, 2.75) is 18.9 Å². The molecular weight excluding hydrogens is 218 g/mol. The van der Waals surface area contributed by atoms with Crippen LogP contribution in [0.25, 0.3) is 10.1 Å². The van der Waals surface area contributed by atoms with Crippen molar-refractivity contribution < 1.29 is 4.74 Å². The second kappa shape index (κ2) is 4.44. The van der Waals surface area contributed by atoms with E-state index < -0.39 is 0 Å². The van der Waals surface area contributed by atoms with E-state index in [1.54, 1.807) is 11.3 Å². The Kier molecular flexibility index (Phi) is 2.80. The van der Waals surface area contributed by atoms with Gasteiger partial charge in [0.1, 0.15) is 0 Å². The summed E-state index contributed by atoms with van der Waals surface area (Å²) in [5.74, 6) is 0. The maximum Gasteiger partial charge on any atom is 0.0748 e. The summed E-state index contributed by atoms with van der Waals surface area (Å²) in [6.07, 6.45) is 2.79. The normalized spacial score (nSPS) is 20.4. The van der Waals surface area contributed by atoms with Gasteiger partial charge in [-0.05, 0) is 35.7 Å². The molecule has 3 rings (SSSR count). The lowest BCUT2D eigenvalue weighted by molar-refractivity contribution is 0.120. The summed E-state index contributed by atoms with van der Waals surface area (Å²) in [6, 6.07) is 8.57. The van der Waals surface area contributed by atoms with Gasteiger partial charge in [-0.3, -0.25) is 0 Å². The van der Waals surface area contributed by atoms with Gasteiger partial charge in [-0.15, -0.1) is 11.3 Å². The predicted molar refractivity (Wildman–Crippen MR) is 69.3 cm³/mol. The second-order valence-electron chi connectivity index (χ2n) is 4.16. The number of hydrogen-bond acceptors (Lipinski definition) is 3. The molecule has 0 spiro atoms. The molecule has 1 aliphatic heterocycles. The Labute approximate surface area is 99.2 Å². The highest BCUT2D eigenvalue weighted by Gasteiger charge is 2.15. The first-order valence-corrected chi connectivity index (χ1v) is 6.63. The average Bonchev–Trinajstić information content (AvgIpc) is 2.97. The molecule has 3 heteroatoms. The molecule has 16 heavy (non-hydrogen) atoms. The van der Waals surface area contributed by atoms with E-state index in [-0.39, 0.29) is 0 Å². The van der Waals surface area contributed by atoms with Gasteiger partial charge in [0.15, 0.2) is 0 Å². The van der Waals surface area contributed by atoms with Gasteiger partial charge < -0.3 is 10.1 Å². The van der Waals surface area contributed by atoms with Crippen molar-refractivity contribution >= 4 is 27.1 Å². The van der Waals surface area contributed by atoms with Crippen LogP contribution >= 0.6 is 11.3 Å². The van der Waals surface area contributed by atoms with Gasteiger partial charge in [-0.25, -0.2) is 0 Å². The van der Waals surface area contributed by atoms with E-state index in [0.29, 0.717) is 6.10 Å². The molecule has 0 radical (unpaired) electrons. The van der Waals surface area contributed by atoms with Crippen molar-refractivity contribution in [2.75, 3.05) is 18.5 Å². The Balaban J connectivity index is 1.75. The number of thiophene rings is 1. The third-order valence-corrected chi connectivity index (χ3v) is 3.99. The summed E-state index contributed by atoms with van der Waals surface area (Å²) in [5, 5.41) is 6.96. The van der Waals surface area contributed by atoms with Crippen LogP contribution in [0.5, 0.6) is 0 Å². The van der Waals surface area contributed by atoms with Crippen molar-refractivity contribution in [2.24, 2.45) is 0 Å². The van der Waals surface area contributed by atoms with Crippen molar-refractivity contribution in [1.82, 2.24) is 0 Å². The number of hydrogen-bond donors (Lipinski definition) is 1. The minimum atomic E-state index is 0.398. The predicted octanol–water partition coefficient (Wildman–Crippen LogP) is 3.49. The van der Waals surface area contributed by atoms with E-state index >= 15 is 0 Å². The van der Waals surface area contributed by atoms with E-state index in [1.807, 2.05) is 0 Å². The molecule has 1 atom stereocenters. The molecule has 0 aliphatic carbocycles. The molecular formula is C13H15NOS. The molecule has 1 aliphatic rings. The minimum absolute atomic E-state index is 0.398. The molecule has 1 saturated heterocycles. The maximum atomic E-state index is 5.61. The molecule has 0 amide bonds. The molecule has 0 bridgehead atoms. The van der Waals surface area contributed by atoms with Gasteiger partial charge in [0.25, 0.3) is 0 Å². The lowest BCUT2D eigenvalue weighted by atomic mass is 10.2. The van der Waals surface area contributed by atoms with Crippen LogP contribution in [-0.4, -0.2) is 19.3 Å². The van der Waals surface area contributed by atoms with Gasteiger partial charge >= 0.3 is 0 Å². The number of nitrogens with one attached hydrogen (secondary N) is 1. The van der Waals surface area contributed by atoms with Gasteiger partial charge in [0.05, 0.1) is 16.5 Å². The highest BCUT2D eigenvalue weighted by atomic mass is 32.1. The van der Waals surface area contributed by atoms with Crippen LogP contribution < -0.4 is 5.32 Å². The Hall–Kier alpha value is -1.06. The zero-order chi connectivity index (χ0) is 10.8. The van der Waals surface area contributed by atoms with E-state index in [9.17, 15) is 0 Å². The van der Waals surface area contributed by atoms with Crippen LogP contribution in [0.3, 0.4) is 0 Å². The summed E-state index contributed by atoms with van der Waals surface area (Å²) < 4.78 is 6.96. The fourth-order valence-corrected chi connectivity index (χ4v) is 3.05. The standard InChI is InChI=1S/C13H15NOS/c1-3-10-6-8-16-13(10)12(5-1)14-9-11-4-2-7-15-11/h1,3,5-6,8,11,14H,2,4,7,9H2. The van der Waals surface area contributed by atoms with Crippen molar-refractivity contribution in [3.05, 3.63) is 29.6 Å². The Morgan fingerprint density at radius 3 is 3.25 bits per heavy atom. The third kappa shape index (κ3) is 1.93. The van der Waals surface area contributed by atoms with Gasteiger partial charge in [-0.1, -0.05) is 12.1 Å². The number of fused-ring (bicyclic) bond motifs is 1. The Bertz CT molecular complexity index is 473. The van der Waals surface area contributed by atoms with Crippen LogP contribution in [0.15, 0.2) is 29.6 Å². The molecule has 1 unspecified atom stereocenters. The fourth-order valence-electron chi connectivity index (χ4n) is 2.16. The maximum absolute atomic E-state index is 5.61. The summed E-state index contributed by atoms with van der Waals surface area (Å²) >= 11 is 1.79.